The van der Waals surface area contributed by atoms with Crippen LogP contribution >= 0.6 is 0 Å². The lowest BCUT2D eigenvalue weighted by atomic mass is 9.75. The third-order valence-corrected chi connectivity index (χ3v) is 5.73. The van der Waals surface area contributed by atoms with Crippen molar-refractivity contribution in [3.8, 4) is 0 Å². The van der Waals surface area contributed by atoms with Crippen LogP contribution in [-0.4, -0.2) is 42.4 Å². The van der Waals surface area contributed by atoms with Crippen molar-refractivity contribution in [2.75, 3.05) is 14.2 Å². The second kappa shape index (κ2) is 12.2. The first-order valence-corrected chi connectivity index (χ1v) is 10.7. The molecule has 0 saturated heterocycles. The van der Waals surface area contributed by atoms with E-state index in [2.05, 4.69) is 26.8 Å². The second-order valence-corrected chi connectivity index (χ2v) is 8.66. The lowest BCUT2D eigenvalue weighted by Gasteiger charge is -2.36. The number of carbonyl (C=O) groups is 1. The molecule has 0 bridgehead atoms. The van der Waals surface area contributed by atoms with Crippen LogP contribution in [0, 0.1) is 17.8 Å². The number of ether oxygens (including phenoxy) is 2. The van der Waals surface area contributed by atoms with Gasteiger partial charge in [0.2, 0.25) is 11.5 Å². The molecule has 0 spiro atoms. The summed E-state index contributed by atoms with van der Waals surface area (Å²) in [5.74, 6) is -0.627. The Morgan fingerprint density at radius 3 is 2.34 bits per heavy atom. The zero-order valence-corrected chi connectivity index (χ0v) is 19.2. The number of hydrogen-bond acceptors (Lipinski definition) is 5. The average Bonchev–Trinajstić information content (AvgIpc) is 2.64. The largest absolute Gasteiger partial charge is 0.494 e. The molecule has 0 fully saturated rings. The van der Waals surface area contributed by atoms with Crippen molar-refractivity contribution in [3.05, 3.63) is 34.8 Å². The molecule has 0 aromatic carbocycles. The van der Waals surface area contributed by atoms with Gasteiger partial charge in [-0.05, 0) is 45.4 Å². The van der Waals surface area contributed by atoms with Crippen LogP contribution in [0.4, 0.5) is 0 Å². The van der Waals surface area contributed by atoms with Gasteiger partial charge in [0.25, 0.3) is 0 Å². The van der Waals surface area contributed by atoms with E-state index in [-0.39, 0.29) is 17.3 Å². The molecular formula is C24H40O5. The Labute approximate surface area is 176 Å². The molecule has 4 atom stereocenters. The molecule has 0 saturated carbocycles. The van der Waals surface area contributed by atoms with Gasteiger partial charge in [-0.25, -0.2) is 0 Å². The molecule has 0 radical (unpaired) electrons. The normalized spacial score (nSPS) is 24.9. The van der Waals surface area contributed by atoms with Crippen molar-refractivity contribution in [3.63, 3.8) is 0 Å². The van der Waals surface area contributed by atoms with Gasteiger partial charge in [0.1, 0.15) is 6.10 Å². The number of aliphatic hydroxyl groups excluding tert-OH is 2. The van der Waals surface area contributed by atoms with Crippen molar-refractivity contribution >= 4 is 5.78 Å². The van der Waals surface area contributed by atoms with Crippen molar-refractivity contribution in [2.24, 2.45) is 17.8 Å². The quantitative estimate of drug-likeness (QED) is 0.491. The van der Waals surface area contributed by atoms with Gasteiger partial charge >= 0.3 is 0 Å². The standard InChI is InChI=1S/C24H40O5/c1-15(2)10-8-11-16(3)12-9-13-17(4)14-19(25)20-18(5)21(26)23(28-6)24(29-7)22(20)27/h12,14-15,18-20,22,25,27H,8-11,13H2,1-7H3. The molecular weight excluding hydrogens is 368 g/mol. The third kappa shape index (κ3) is 7.31. The Bertz CT molecular complexity index is 629. The van der Waals surface area contributed by atoms with Crippen molar-refractivity contribution in [1.82, 2.24) is 0 Å². The molecule has 1 rings (SSSR count). The monoisotopic (exact) mass is 408 g/mol. The Morgan fingerprint density at radius 2 is 1.79 bits per heavy atom. The zero-order chi connectivity index (χ0) is 22.1. The van der Waals surface area contributed by atoms with Gasteiger partial charge < -0.3 is 19.7 Å². The molecule has 0 heterocycles. The van der Waals surface area contributed by atoms with Crippen molar-refractivity contribution in [2.45, 2.75) is 78.9 Å². The minimum atomic E-state index is -1.09. The van der Waals surface area contributed by atoms with E-state index < -0.39 is 24.0 Å². The fourth-order valence-electron chi connectivity index (χ4n) is 3.91. The summed E-state index contributed by atoms with van der Waals surface area (Å²) in [5, 5.41) is 21.4. The van der Waals surface area contributed by atoms with E-state index >= 15 is 0 Å². The Kier molecular flexibility index (Phi) is 10.7. The topological polar surface area (TPSA) is 76.0 Å². The van der Waals surface area contributed by atoms with Gasteiger partial charge in [-0.15, -0.1) is 0 Å². The van der Waals surface area contributed by atoms with E-state index in [4.69, 9.17) is 9.47 Å². The van der Waals surface area contributed by atoms with Gasteiger partial charge in [-0.3, -0.25) is 4.79 Å². The highest BCUT2D eigenvalue weighted by atomic mass is 16.5. The second-order valence-electron chi connectivity index (χ2n) is 8.66. The van der Waals surface area contributed by atoms with E-state index in [1.807, 2.05) is 6.92 Å². The summed E-state index contributed by atoms with van der Waals surface area (Å²) in [6.45, 7) is 10.3. The first-order valence-electron chi connectivity index (χ1n) is 10.7. The predicted octanol–water partition coefficient (Wildman–Crippen LogP) is 4.55. The van der Waals surface area contributed by atoms with E-state index in [0.717, 1.165) is 30.8 Å². The Balaban J connectivity index is 2.73. The lowest BCUT2D eigenvalue weighted by Crippen LogP contribution is -2.45. The molecule has 2 N–H and O–H groups in total. The number of ketones is 1. The van der Waals surface area contributed by atoms with Gasteiger partial charge in [-0.1, -0.05) is 50.5 Å². The lowest BCUT2D eigenvalue weighted by molar-refractivity contribution is -0.131. The minimum Gasteiger partial charge on any atom is -0.494 e. The summed E-state index contributed by atoms with van der Waals surface area (Å²) in [7, 11) is 2.77. The molecule has 0 aromatic rings. The van der Waals surface area contributed by atoms with E-state index in [1.54, 1.807) is 13.0 Å². The molecule has 1 aliphatic carbocycles. The molecule has 0 aromatic heterocycles. The highest BCUT2D eigenvalue weighted by Crippen LogP contribution is 2.35. The minimum absolute atomic E-state index is 0.0368. The summed E-state index contributed by atoms with van der Waals surface area (Å²) in [4.78, 5) is 12.5. The molecule has 29 heavy (non-hydrogen) atoms. The Hall–Kier alpha value is -1.59. The first-order chi connectivity index (χ1) is 13.6. The van der Waals surface area contributed by atoms with E-state index in [0.29, 0.717) is 0 Å². The highest BCUT2D eigenvalue weighted by Gasteiger charge is 2.45. The number of aliphatic hydroxyl groups is 2. The number of carbonyl (C=O) groups excluding carboxylic acids is 1. The van der Waals surface area contributed by atoms with Crippen LogP contribution in [0.2, 0.25) is 0 Å². The maximum Gasteiger partial charge on any atom is 0.204 e. The van der Waals surface area contributed by atoms with Crippen LogP contribution in [0.25, 0.3) is 0 Å². The van der Waals surface area contributed by atoms with Crippen LogP contribution in [-0.2, 0) is 14.3 Å². The number of allylic oxidation sites excluding steroid dienone is 4. The van der Waals surface area contributed by atoms with Crippen LogP contribution < -0.4 is 0 Å². The number of methoxy groups -OCH3 is 2. The van der Waals surface area contributed by atoms with Gasteiger partial charge in [0.05, 0.1) is 20.3 Å². The SMILES string of the molecule is COC1=C(OC)C(O)C(C(O)C=C(C)CCC=C(C)CCCC(C)C)C(C)C1=O. The van der Waals surface area contributed by atoms with Gasteiger partial charge in [-0.2, -0.15) is 0 Å². The van der Waals surface area contributed by atoms with Crippen LogP contribution in [0.15, 0.2) is 34.8 Å². The summed E-state index contributed by atoms with van der Waals surface area (Å²) < 4.78 is 10.3. The molecule has 5 nitrogen and oxygen atoms in total. The number of rotatable bonds is 11. The maximum atomic E-state index is 12.5. The smallest absolute Gasteiger partial charge is 0.204 e. The summed E-state index contributed by atoms with van der Waals surface area (Å²) in [6.07, 6.45) is 7.34. The van der Waals surface area contributed by atoms with E-state index in [9.17, 15) is 15.0 Å². The van der Waals surface area contributed by atoms with Crippen LogP contribution in [0.5, 0.6) is 0 Å². The summed E-state index contributed by atoms with van der Waals surface area (Å²) >= 11 is 0. The van der Waals surface area contributed by atoms with Crippen LogP contribution in [0.3, 0.4) is 0 Å². The van der Waals surface area contributed by atoms with Gasteiger partial charge in [0.15, 0.2) is 5.76 Å². The fraction of sp³-hybridized carbons (Fsp3) is 0.708. The highest BCUT2D eigenvalue weighted by molar-refractivity contribution is 5.97. The number of hydrogen-bond donors (Lipinski definition) is 2. The predicted molar refractivity (Wildman–Crippen MR) is 116 cm³/mol. The molecule has 0 aliphatic heterocycles. The maximum absolute atomic E-state index is 12.5. The van der Waals surface area contributed by atoms with Gasteiger partial charge in [0, 0.05) is 11.8 Å². The molecule has 5 heteroatoms. The summed E-state index contributed by atoms with van der Waals surface area (Å²) in [6, 6.07) is 0. The number of Topliss-reactive ketones (excluding diaryl/α,β-unsaturated/α-hetero) is 1. The Morgan fingerprint density at radius 1 is 1.14 bits per heavy atom. The van der Waals surface area contributed by atoms with Crippen molar-refractivity contribution < 1.29 is 24.5 Å². The third-order valence-electron chi connectivity index (χ3n) is 5.73. The molecule has 0 amide bonds. The molecule has 166 valence electrons. The van der Waals surface area contributed by atoms with Crippen LogP contribution in [0.1, 0.15) is 66.7 Å². The zero-order valence-electron chi connectivity index (χ0n) is 19.2. The molecule has 4 unspecified atom stereocenters. The average molecular weight is 409 g/mol. The van der Waals surface area contributed by atoms with Crippen molar-refractivity contribution in [1.29, 1.82) is 0 Å². The van der Waals surface area contributed by atoms with E-state index in [1.165, 1.54) is 32.6 Å². The fourth-order valence-corrected chi connectivity index (χ4v) is 3.91. The molecule has 1 aliphatic rings. The summed E-state index contributed by atoms with van der Waals surface area (Å²) in [5.41, 5.74) is 2.44. The first kappa shape index (κ1) is 25.4.